The molecule has 2 nitrogen and oxygen atoms in total. The Morgan fingerprint density at radius 1 is 1.24 bits per heavy atom. The summed E-state index contributed by atoms with van der Waals surface area (Å²) in [5, 5.41) is 0.275. The molecule has 3 heteroatoms. The van der Waals surface area contributed by atoms with Gasteiger partial charge in [-0.15, -0.1) is 6.42 Å². The predicted molar refractivity (Wildman–Crippen MR) is 76.6 cm³/mol. The Balaban J connectivity index is 3.70. The average molecular weight is 254 g/mol. The number of ether oxygens (including phenoxy) is 1. The first kappa shape index (κ1) is 16.4. The smallest absolute Gasteiger partial charge is 0.192 e. The Morgan fingerprint density at radius 3 is 2.41 bits per heavy atom. The van der Waals surface area contributed by atoms with Gasteiger partial charge in [0.15, 0.2) is 8.32 Å². The van der Waals surface area contributed by atoms with E-state index in [1.54, 1.807) is 0 Å². The van der Waals surface area contributed by atoms with Gasteiger partial charge in [0.1, 0.15) is 6.61 Å². The van der Waals surface area contributed by atoms with Crippen LogP contribution in [0.1, 0.15) is 27.2 Å². The van der Waals surface area contributed by atoms with Crippen LogP contribution in [0.5, 0.6) is 0 Å². The van der Waals surface area contributed by atoms with Crippen LogP contribution in [0.25, 0.3) is 0 Å². The fraction of sp³-hybridized carbons (Fsp3) is 0.714. The van der Waals surface area contributed by atoms with E-state index in [1.807, 2.05) is 0 Å². The fourth-order valence-electron chi connectivity index (χ4n) is 0.941. The summed E-state index contributed by atoms with van der Waals surface area (Å²) in [6, 6.07) is 0. The molecule has 0 N–H and O–H groups in total. The van der Waals surface area contributed by atoms with E-state index in [0.717, 1.165) is 6.42 Å². The quantitative estimate of drug-likeness (QED) is 0.299. The van der Waals surface area contributed by atoms with E-state index >= 15 is 0 Å². The molecule has 0 radical (unpaired) electrons. The monoisotopic (exact) mass is 254 g/mol. The van der Waals surface area contributed by atoms with Crippen molar-refractivity contribution in [2.45, 2.75) is 45.3 Å². The molecule has 0 heterocycles. The van der Waals surface area contributed by atoms with Gasteiger partial charge in [0.05, 0.1) is 13.2 Å². The van der Waals surface area contributed by atoms with Gasteiger partial charge in [-0.1, -0.05) is 38.8 Å². The van der Waals surface area contributed by atoms with Gasteiger partial charge in [-0.3, -0.25) is 0 Å². The summed E-state index contributed by atoms with van der Waals surface area (Å²) >= 11 is 0. The molecule has 0 aromatic carbocycles. The van der Waals surface area contributed by atoms with Gasteiger partial charge in [-0.25, -0.2) is 0 Å². The molecule has 0 atom stereocenters. The molecule has 98 valence electrons. The molecule has 0 saturated heterocycles. The number of rotatable bonds is 7. The summed E-state index contributed by atoms with van der Waals surface area (Å²) in [7, 11) is -1.60. The highest BCUT2D eigenvalue weighted by atomic mass is 28.4. The SMILES string of the molecule is C#CCOCC/C=C/CO[Si](C)(C)C(C)(C)C. The van der Waals surface area contributed by atoms with Crippen LogP contribution in [-0.4, -0.2) is 28.1 Å². The molecule has 0 aliphatic carbocycles. The molecule has 0 spiro atoms. The van der Waals surface area contributed by atoms with E-state index in [0.29, 0.717) is 19.8 Å². The van der Waals surface area contributed by atoms with E-state index in [9.17, 15) is 0 Å². The third kappa shape index (κ3) is 7.38. The first-order valence-electron chi connectivity index (χ1n) is 6.11. The predicted octanol–water partition coefficient (Wildman–Crippen LogP) is 3.60. The van der Waals surface area contributed by atoms with E-state index in [2.05, 4.69) is 51.9 Å². The highest BCUT2D eigenvalue weighted by Crippen LogP contribution is 2.36. The maximum absolute atomic E-state index is 6.00. The summed E-state index contributed by atoms with van der Waals surface area (Å²) in [6.45, 7) is 13.0. The van der Waals surface area contributed by atoms with Crippen molar-refractivity contribution in [3.63, 3.8) is 0 Å². The van der Waals surface area contributed by atoms with Gasteiger partial charge in [0.25, 0.3) is 0 Å². The second kappa shape index (κ2) is 7.70. The summed E-state index contributed by atoms with van der Waals surface area (Å²) < 4.78 is 11.2. The van der Waals surface area contributed by atoms with Crippen molar-refractivity contribution in [1.29, 1.82) is 0 Å². The lowest BCUT2D eigenvalue weighted by atomic mass is 10.2. The van der Waals surface area contributed by atoms with Crippen LogP contribution in [0.4, 0.5) is 0 Å². The Labute approximate surface area is 108 Å². The zero-order valence-electron chi connectivity index (χ0n) is 11.9. The Kier molecular flexibility index (Phi) is 7.45. The van der Waals surface area contributed by atoms with E-state index < -0.39 is 8.32 Å². The standard InChI is InChI=1S/C14H26O2Si/c1-7-11-15-12-9-8-10-13-16-17(5,6)14(2,3)4/h1,8,10H,9,11-13H2,2-6H3/b10-8+. The van der Waals surface area contributed by atoms with E-state index in [1.165, 1.54) is 0 Å². The molecular weight excluding hydrogens is 228 g/mol. The van der Waals surface area contributed by atoms with Gasteiger partial charge in [-0.2, -0.15) is 0 Å². The molecule has 0 aromatic heterocycles. The summed E-state index contributed by atoms with van der Waals surface area (Å²) in [4.78, 5) is 0. The minimum absolute atomic E-state index is 0.275. The van der Waals surface area contributed by atoms with Crippen LogP contribution in [0.2, 0.25) is 18.1 Å². The summed E-state index contributed by atoms with van der Waals surface area (Å²) in [6.07, 6.45) is 10.1. The molecule has 0 amide bonds. The van der Waals surface area contributed by atoms with Crippen LogP contribution in [0, 0.1) is 12.3 Å². The third-order valence-electron chi connectivity index (χ3n) is 3.13. The highest BCUT2D eigenvalue weighted by molar-refractivity contribution is 6.74. The van der Waals surface area contributed by atoms with Crippen LogP contribution in [0.3, 0.4) is 0 Å². The number of hydrogen-bond acceptors (Lipinski definition) is 2. The maximum atomic E-state index is 6.00. The lowest BCUT2D eigenvalue weighted by Crippen LogP contribution is -2.40. The second-order valence-electron chi connectivity index (χ2n) is 5.59. The van der Waals surface area contributed by atoms with Gasteiger partial charge in [0.2, 0.25) is 0 Å². The largest absolute Gasteiger partial charge is 0.413 e. The zero-order valence-corrected chi connectivity index (χ0v) is 12.9. The lowest BCUT2D eigenvalue weighted by molar-refractivity contribution is 0.172. The summed E-state index contributed by atoms with van der Waals surface area (Å²) in [5.41, 5.74) is 0. The fourth-order valence-corrected chi connectivity index (χ4v) is 1.89. The van der Waals surface area contributed by atoms with Crippen molar-refractivity contribution in [2.75, 3.05) is 19.8 Å². The molecule has 0 saturated carbocycles. The van der Waals surface area contributed by atoms with Crippen molar-refractivity contribution < 1.29 is 9.16 Å². The van der Waals surface area contributed by atoms with Crippen molar-refractivity contribution in [3.05, 3.63) is 12.2 Å². The summed E-state index contributed by atoms with van der Waals surface area (Å²) in [5.74, 6) is 2.44. The maximum Gasteiger partial charge on any atom is 0.192 e. The zero-order chi connectivity index (χ0) is 13.4. The Bertz CT molecular complexity index is 269. The van der Waals surface area contributed by atoms with Gasteiger partial charge >= 0.3 is 0 Å². The molecule has 0 bridgehead atoms. The van der Waals surface area contributed by atoms with Crippen LogP contribution in [0.15, 0.2) is 12.2 Å². The molecule has 0 rings (SSSR count). The molecule has 0 unspecified atom stereocenters. The molecule has 0 aromatic rings. The topological polar surface area (TPSA) is 18.5 Å². The van der Waals surface area contributed by atoms with Crippen LogP contribution < -0.4 is 0 Å². The minimum atomic E-state index is -1.60. The average Bonchev–Trinajstić information content (AvgIpc) is 2.20. The first-order chi connectivity index (χ1) is 7.81. The minimum Gasteiger partial charge on any atom is -0.413 e. The van der Waals surface area contributed by atoms with Crippen LogP contribution in [-0.2, 0) is 9.16 Å². The van der Waals surface area contributed by atoms with Crippen molar-refractivity contribution in [1.82, 2.24) is 0 Å². The van der Waals surface area contributed by atoms with Crippen LogP contribution >= 0.6 is 0 Å². The highest BCUT2D eigenvalue weighted by Gasteiger charge is 2.36. The van der Waals surface area contributed by atoms with Crippen molar-refractivity contribution in [2.24, 2.45) is 0 Å². The van der Waals surface area contributed by atoms with E-state index in [4.69, 9.17) is 15.6 Å². The Morgan fingerprint density at radius 2 is 1.88 bits per heavy atom. The van der Waals surface area contributed by atoms with Gasteiger partial charge < -0.3 is 9.16 Å². The lowest BCUT2D eigenvalue weighted by Gasteiger charge is -2.35. The molecule has 0 aliphatic rings. The Hall–Kier alpha value is -0.563. The second-order valence-corrected chi connectivity index (χ2v) is 10.4. The van der Waals surface area contributed by atoms with Crippen molar-refractivity contribution >= 4 is 8.32 Å². The van der Waals surface area contributed by atoms with Gasteiger partial charge in [-0.05, 0) is 24.6 Å². The van der Waals surface area contributed by atoms with Crippen molar-refractivity contribution in [3.8, 4) is 12.3 Å². The molecular formula is C14H26O2Si. The number of terminal acetylenes is 1. The number of hydrogen-bond donors (Lipinski definition) is 0. The van der Waals surface area contributed by atoms with E-state index in [-0.39, 0.29) is 5.04 Å². The molecule has 0 aliphatic heterocycles. The third-order valence-corrected chi connectivity index (χ3v) is 7.63. The van der Waals surface area contributed by atoms with Gasteiger partial charge in [0, 0.05) is 0 Å². The molecule has 17 heavy (non-hydrogen) atoms. The normalized spacial score (nSPS) is 12.9. The first-order valence-corrected chi connectivity index (χ1v) is 9.02. The molecule has 0 fully saturated rings.